The van der Waals surface area contributed by atoms with E-state index in [1.807, 2.05) is 0 Å². The third kappa shape index (κ3) is 4.21. The van der Waals surface area contributed by atoms with Gasteiger partial charge in [-0.1, -0.05) is 0 Å². The number of aliphatic hydroxyl groups is 4. The van der Waals surface area contributed by atoms with Gasteiger partial charge in [-0.25, -0.2) is 0 Å². The SMILES string of the molecule is OCC1O[C@H](O)C(O)[C@H](O)[C@H]1OP=S(I)I. The summed E-state index contributed by atoms with van der Waals surface area (Å²) in [5.41, 5.74) is 0. The second kappa shape index (κ2) is 7.46. The van der Waals surface area contributed by atoms with Crippen LogP contribution in [0.15, 0.2) is 0 Å². The second-order valence-corrected chi connectivity index (χ2v) is 19.9. The Bertz CT molecular complexity index is 263. The smallest absolute Gasteiger partial charge is 0.184 e. The molecule has 4 N–H and O–H groups in total. The van der Waals surface area contributed by atoms with Gasteiger partial charge in [-0.2, -0.15) is 0 Å². The molecule has 0 aliphatic carbocycles. The van der Waals surface area contributed by atoms with Crippen molar-refractivity contribution < 1.29 is 29.7 Å². The molecule has 5 atom stereocenters. The Morgan fingerprint density at radius 1 is 1.25 bits per heavy atom. The van der Waals surface area contributed by atoms with E-state index in [9.17, 15) is 15.3 Å². The molecule has 96 valence electrons. The van der Waals surface area contributed by atoms with Gasteiger partial charge in [0.25, 0.3) is 0 Å². The summed E-state index contributed by atoms with van der Waals surface area (Å²) in [7, 11) is 0.627. The van der Waals surface area contributed by atoms with E-state index in [4.69, 9.17) is 14.4 Å². The van der Waals surface area contributed by atoms with Crippen molar-refractivity contribution in [2.24, 2.45) is 0 Å². The summed E-state index contributed by atoms with van der Waals surface area (Å²) in [6, 6.07) is 0. The highest BCUT2D eigenvalue weighted by molar-refractivity contribution is 14.3. The molecule has 0 spiro atoms. The quantitative estimate of drug-likeness (QED) is 0.322. The summed E-state index contributed by atoms with van der Waals surface area (Å²) in [5, 5.41) is 37.4. The number of hydrogen-bond donors (Lipinski definition) is 4. The van der Waals surface area contributed by atoms with Crippen molar-refractivity contribution in [1.29, 1.82) is 0 Å². The third-order valence-electron chi connectivity index (χ3n) is 2.06. The molecular weight excluding hydrogens is 485 g/mol. The standard InChI is InChI=1S/C6H11I2O6PS/c7-16(8)15-14-5-2(1-9)13-6(12)4(11)3(5)10/h2-6,9-12H,1H2/t2?,3-,4?,5-,6-/m0/s1. The van der Waals surface area contributed by atoms with Gasteiger partial charge >= 0.3 is 0 Å². The lowest BCUT2D eigenvalue weighted by Crippen LogP contribution is -2.58. The Balaban J connectivity index is 2.73. The Hall–Kier alpha value is 1.87. The van der Waals surface area contributed by atoms with Crippen molar-refractivity contribution in [2.45, 2.75) is 30.7 Å². The molecule has 0 aromatic carbocycles. The molecule has 1 heterocycles. The molecule has 0 radical (unpaired) electrons. The molecule has 2 unspecified atom stereocenters. The number of rotatable bonds is 3. The van der Waals surface area contributed by atoms with Gasteiger partial charge < -0.3 is 29.7 Å². The molecule has 6 nitrogen and oxygen atoms in total. The first-order valence-corrected chi connectivity index (χ1v) is 11.9. The fourth-order valence-electron chi connectivity index (χ4n) is 1.28. The van der Waals surface area contributed by atoms with Gasteiger partial charge in [-0.3, -0.25) is 0 Å². The lowest BCUT2D eigenvalue weighted by molar-refractivity contribution is -0.280. The third-order valence-corrected chi connectivity index (χ3v) is 5.99. The predicted octanol–water partition coefficient (Wildman–Crippen LogP) is -0.103. The molecule has 1 fully saturated rings. The van der Waals surface area contributed by atoms with Crippen LogP contribution < -0.4 is 0 Å². The van der Waals surface area contributed by atoms with Crippen LogP contribution in [0.5, 0.6) is 0 Å². The van der Waals surface area contributed by atoms with Gasteiger partial charge in [-0.15, -0.1) is 0 Å². The first-order valence-electron chi connectivity index (χ1n) is 4.21. The van der Waals surface area contributed by atoms with E-state index < -0.39 is 37.3 Å². The summed E-state index contributed by atoms with van der Waals surface area (Å²) < 4.78 is 10.2. The lowest BCUT2D eigenvalue weighted by Gasteiger charge is -2.38. The molecule has 10 heteroatoms. The minimum Gasteiger partial charge on any atom is -0.394 e. The van der Waals surface area contributed by atoms with Crippen LogP contribution >= 0.6 is 50.0 Å². The first-order chi connectivity index (χ1) is 7.47. The van der Waals surface area contributed by atoms with Crippen molar-refractivity contribution in [3.8, 4) is 0 Å². The van der Waals surface area contributed by atoms with Gasteiger partial charge in [0.15, 0.2) is 6.29 Å². The molecule has 0 amide bonds. The Kier molecular flexibility index (Phi) is 7.42. The van der Waals surface area contributed by atoms with Crippen molar-refractivity contribution in [3.05, 3.63) is 0 Å². The average molecular weight is 496 g/mol. The molecule has 0 saturated carbocycles. The maximum atomic E-state index is 9.69. The Labute approximate surface area is 120 Å². The van der Waals surface area contributed by atoms with E-state index in [0.29, 0.717) is 7.58 Å². The number of halogens is 2. The van der Waals surface area contributed by atoms with Gasteiger partial charge in [-0.05, 0) is 4.42 Å². The number of aliphatic hydroxyl groups excluding tert-OH is 4. The lowest BCUT2D eigenvalue weighted by atomic mass is 9.99. The molecule has 0 aromatic rings. The predicted molar refractivity (Wildman–Crippen MR) is 77.2 cm³/mol. The van der Waals surface area contributed by atoms with Crippen molar-refractivity contribution in [3.63, 3.8) is 0 Å². The maximum absolute atomic E-state index is 9.69. The van der Waals surface area contributed by atoms with Gasteiger partial charge in [0, 0.05) is 42.4 Å². The Morgan fingerprint density at radius 3 is 2.38 bits per heavy atom. The van der Waals surface area contributed by atoms with Crippen molar-refractivity contribution in [2.75, 3.05) is 6.61 Å². The molecule has 1 saturated heterocycles. The van der Waals surface area contributed by atoms with E-state index in [2.05, 4.69) is 42.4 Å². The Morgan fingerprint density at radius 2 is 1.88 bits per heavy atom. The minimum absolute atomic E-state index is 0.0715. The molecule has 0 aromatic heterocycles. The zero-order chi connectivity index (χ0) is 12.3. The summed E-state index contributed by atoms with van der Waals surface area (Å²) in [6.45, 7) is -0.392. The summed E-state index contributed by atoms with van der Waals surface area (Å²) in [6.07, 6.45) is -5.87. The van der Waals surface area contributed by atoms with Crippen LogP contribution in [-0.4, -0.2) is 57.7 Å². The van der Waals surface area contributed by atoms with Crippen molar-refractivity contribution >= 4 is 54.4 Å². The van der Waals surface area contributed by atoms with Crippen LogP contribution in [-0.2, 0) is 13.7 Å². The van der Waals surface area contributed by atoms with Crippen LogP contribution in [0, 0.1) is 0 Å². The number of ether oxygens (including phenoxy) is 1. The van der Waals surface area contributed by atoms with Crippen LogP contribution in [0.1, 0.15) is 0 Å². The number of hydrogen-bond acceptors (Lipinski definition) is 6. The molecule has 16 heavy (non-hydrogen) atoms. The van der Waals surface area contributed by atoms with E-state index in [-0.39, 0.29) is 4.42 Å². The fourth-order valence-corrected chi connectivity index (χ4v) is 3.87. The fraction of sp³-hybridized carbons (Fsp3) is 1.00. The first kappa shape index (κ1) is 15.9. The zero-order valence-electron chi connectivity index (χ0n) is 7.81. The van der Waals surface area contributed by atoms with Gasteiger partial charge in [0.05, 0.1) is 6.61 Å². The topological polar surface area (TPSA) is 99.4 Å². The summed E-state index contributed by atoms with van der Waals surface area (Å²) in [5.74, 6) is 0. The van der Waals surface area contributed by atoms with Crippen molar-refractivity contribution in [1.82, 2.24) is 0 Å². The van der Waals surface area contributed by atoms with E-state index >= 15 is 0 Å². The maximum Gasteiger partial charge on any atom is 0.184 e. The molecule has 0 bridgehead atoms. The van der Waals surface area contributed by atoms with Crippen LogP contribution in [0.2, 0.25) is 0 Å². The van der Waals surface area contributed by atoms with Gasteiger partial charge in [0.1, 0.15) is 32.0 Å². The van der Waals surface area contributed by atoms with E-state index in [1.54, 1.807) is 0 Å². The summed E-state index contributed by atoms with van der Waals surface area (Å²) in [4.78, 5) is 0. The zero-order valence-corrected chi connectivity index (χ0v) is 13.8. The van der Waals surface area contributed by atoms with Crippen LogP contribution in [0.25, 0.3) is 0 Å². The normalized spacial score (nSPS) is 40.6. The highest BCUT2D eigenvalue weighted by Gasteiger charge is 2.44. The second-order valence-electron chi connectivity index (χ2n) is 3.07. The average Bonchev–Trinajstić information content (AvgIpc) is 2.23. The highest BCUT2D eigenvalue weighted by atomic mass is 127. The summed E-state index contributed by atoms with van der Waals surface area (Å²) >= 11 is 4.31. The van der Waals surface area contributed by atoms with E-state index in [0.717, 1.165) is 0 Å². The molecule has 1 aliphatic rings. The minimum atomic E-state index is -1.50. The largest absolute Gasteiger partial charge is 0.394 e. The molecular formula is C6H11I2O6PS. The highest BCUT2D eigenvalue weighted by Crippen LogP contribution is 2.29. The van der Waals surface area contributed by atoms with Crippen LogP contribution in [0.3, 0.4) is 0 Å². The molecule has 1 aliphatic heterocycles. The van der Waals surface area contributed by atoms with Crippen LogP contribution in [0.4, 0.5) is 0 Å². The van der Waals surface area contributed by atoms with E-state index in [1.165, 1.54) is 0 Å². The molecule has 1 rings (SSSR count). The monoisotopic (exact) mass is 496 g/mol. The van der Waals surface area contributed by atoms with Gasteiger partial charge in [0.2, 0.25) is 0 Å².